The van der Waals surface area contributed by atoms with Gasteiger partial charge in [-0.2, -0.15) is 0 Å². The lowest BCUT2D eigenvalue weighted by Crippen LogP contribution is -2.03. The normalized spacial score (nSPS) is 12.7. The van der Waals surface area contributed by atoms with Crippen LogP contribution in [0.4, 0.5) is 0 Å². The summed E-state index contributed by atoms with van der Waals surface area (Å²) in [5.74, 6) is 2.81. The summed E-state index contributed by atoms with van der Waals surface area (Å²) < 4.78 is 27.0. The zero-order chi connectivity index (χ0) is 18.1. The summed E-state index contributed by atoms with van der Waals surface area (Å²) in [4.78, 5) is 12.5. The van der Waals surface area contributed by atoms with E-state index in [9.17, 15) is 4.79 Å². The quantitative estimate of drug-likeness (QED) is 0.713. The van der Waals surface area contributed by atoms with Gasteiger partial charge in [-0.3, -0.25) is 4.79 Å². The molecule has 0 amide bonds. The van der Waals surface area contributed by atoms with Gasteiger partial charge in [-0.25, -0.2) is 0 Å². The number of rotatable bonds is 4. The first-order chi connectivity index (χ1) is 12.7. The van der Waals surface area contributed by atoms with Crippen LogP contribution in [0.3, 0.4) is 0 Å². The Bertz CT molecular complexity index is 1060. The molecule has 0 aliphatic carbocycles. The minimum atomic E-state index is -0.184. The van der Waals surface area contributed by atoms with Gasteiger partial charge >= 0.3 is 0 Å². The third-order valence-corrected chi connectivity index (χ3v) is 4.08. The van der Waals surface area contributed by atoms with Crippen molar-refractivity contribution in [3.8, 4) is 23.0 Å². The number of hydrogen-bond donors (Lipinski definition) is 0. The number of ether oxygens (including phenoxy) is 4. The molecule has 0 radical (unpaired) electrons. The lowest BCUT2D eigenvalue weighted by atomic mass is 10.1. The first kappa shape index (κ1) is 16.1. The number of methoxy groups -OCH3 is 2. The summed E-state index contributed by atoms with van der Waals surface area (Å²) in [6.45, 7) is 0.228. The number of fused-ring (bicyclic) bond motifs is 2. The Kier molecular flexibility index (Phi) is 4.01. The lowest BCUT2D eigenvalue weighted by molar-refractivity contribution is 0.174. The molecule has 1 aliphatic heterocycles. The SMILES string of the molecule is COc1cc(OC)c2c(=O)cc(/C=C/c3ccc4c(c3)OCO4)oc2c1. The van der Waals surface area contributed by atoms with Crippen LogP contribution < -0.4 is 24.4 Å². The van der Waals surface area contributed by atoms with Gasteiger partial charge in [0.15, 0.2) is 16.9 Å². The van der Waals surface area contributed by atoms with Gasteiger partial charge in [-0.15, -0.1) is 0 Å². The summed E-state index contributed by atoms with van der Waals surface area (Å²) in [7, 11) is 3.04. The minimum Gasteiger partial charge on any atom is -0.496 e. The van der Waals surface area contributed by atoms with Crippen LogP contribution in [-0.2, 0) is 0 Å². The van der Waals surface area contributed by atoms with Crippen molar-refractivity contribution < 1.29 is 23.4 Å². The van der Waals surface area contributed by atoms with Crippen LogP contribution in [0, 0.1) is 0 Å². The Hall–Kier alpha value is -3.41. The molecule has 4 rings (SSSR count). The van der Waals surface area contributed by atoms with Crippen LogP contribution in [-0.4, -0.2) is 21.0 Å². The van der Waals surface area contributed by atoms with Crippen molar-refractivity contribution in [2.24, 2.45) is 0 Å². The molecule has 26 heavy (non-hydrogen) atoms. The molecular weight excluding hydrogens is 336 g/mol. The Morgan fingerprint density at radius 2 is 1.81 bits per heavy atom. The third-order valence-electron chi connectivity index (χ3n) is 4.08. The smallest absolute Gasteiger partial charge is 0.231 e. The third kappa shape index (κ3) is 2.86. The number of benzene rings is 2. The summed E-state index contributed by atoms with van der Waals surface area (Å²) in [6.07, 6.45) is 3.56. The zero-order valence-corrected chi connectivity index (χ0v) is 14.3. The summed E-state index contributed by atoms with van der Waals surface area (Å²) in [5.41, 5.74) is 1.12. The van der Waals surface area contributed by atoms with Gasteiger partial charge in [0.1, 0.15) is 28.2 Å². The van der Waals surface area contributed by atoms with Crippen LogP contribution in [0.5, 0.6) is 23.0 Å². The van der Waals surface area contributed by atoms with E-state index in [-0.39, 0.29) is 12.2 Å². The van der Waals surface area contributed by atoms with Crippen molar-refractivity contribution in [1.82, 2.24) is 0 Å². The highest BCUT2D eigenvalue weighted by atomic mass is 16.7. The number of hydrogen-bond acceptors (Lipinski definition) is 6. The second-order valence-electron chi connectivity index (χ2n) is 5.66. The summed E-state index contributed by atoms with van der Waals surface area (Å²) in [5, 5.41) is 0.383. The molecule has 0 spiro atoms. The molecule has 3 aromatic rings. The van der Waals surface area contributed by atoms with E-state index in [4.69, 9.17) is 23.4 Å². The fourth-order valence-corrected chi connectivity index (χ4v) is 2.80. The van der Waals surface area contributed by atoms with Crippen molar-refractivity contribution in [1.29, 1.82) is 0 Å². The molecule has 2 heterocycles. The fraction of sp³-hybridized carbons (Fsp3) is 0.150. The molecule has 0 saturated carbocycles. The molecule has 0 fully saturated rings. The van der Waals surface area contributed by atoms with E-state index in [0.717, 1.165) is 11.3 Å². The standard InChI is InChI=1S/C20H16O6/c1-22-14-9-18(23-2)20-15(21)8-13(26-19(20)10-14)5-3-12-4-6-16-17(7-12)25-11-24-16/h3-10H,11H2,1-2H3/b5-3+. The highest BCUT2D eigenvalue weighted by Gasteiger charge is 2.13. The molecule has 0 unspecified atom stereocenters. The highest BCUT2D eigenvalue weighted by molar-refractivity contribution is 5.86. The molecule has 0 atom stereocenters. The average molecular weight is 352 g/mol. The fourth-order valence-electron chi connectivity index (χ4n) is 2.80. The van der Waals surface area contributed by atoms with Crippen molar-refractivity contribution >= 4 is 23.1 Å². The molecule has 1 aromatic heterocycles. The Balaban J connectivity index is 1.74. The zero-order valence-electron chi connectivity index (χ0n) is 14.3. The van der Waals surface area contributed by atoms with Crippen LogP contribution >= 0.6 is 0 Å². The van der Waals surface area contributed by atoms with Gasteiger partial charge in [0, 0.05) is 18.2 Å². The Labute approximate surface area is 149 Å². The summed E-state index contributed by atoms with van der Waals surface area (Å²) in [6, 6.07) is 10.4. The average Bonchev–Trinajstić information content (AvgIpc) is 3.13. The molecule has 1 aliphatic rings. The van der Waals surface area contributed by atoms with Gasteiger partial charge in [0.2, 0.25) is 6.79 Å². The van der Waals surface area contributed by atoms with Crippen molar-refractivity contribution in [3.05, 3.63) is 57.9 Å². The van der Waals surface area contributed by atoms with E-state index in [1.807, 2.05) is 24.3 Å². The van der Waals surface area contributed by atoms with Crippen LogP contribution in [0.2, 0.25) is 0 Å². The van der Waals surface area contributed by atoms with Gasteiger partial charge in [0.05, 0.1) is 14.2 Å². The maximum atomic E-state index is 12.5. The predicted octanol–water partition coefficient (Wildman–Crippen LogP) is 3.71. The molecule has 6 heteroatoms. The molecule has 2 aromatic carbocycles. The van der Waals surface area contributed by atoms with Gasteiger partial charge in [-0.05, 0) is 23.8 Å². The molecule has 0 saturated heterocycles. The van der Waals surface area contributed by atoms with Crippen LogP contribution in [0.25, 0.3) is 23.1 Å². The summed E-state index contributed by atoms with van der Waals surface area (Å²) >= 11 is 0. The second-order valence-corrected chi connectivity index (χ2v) is 5.66. The second kappa shape index (κ2) is 6.48. The van der Waals surface area contributed by atoms with Crippen molar-refractivity contribution in [2.75, 3.05) is 21.0 Å². The molecule has 0 N–H and O–H groups in total. The van der Waals surface area contributed by atoms with Crippen molar-refractivity contribution in [2.45, 2.75) is 0 Å². The topological polar surface area (TPSA) is 67.1 Å². The van der Waals surface area contributed by atoms with E-state index in [1.165, 1.54) is 13.2 Å². The van der Waals surface area contributed by atoms with E-state index >= 15 is 0 Å². The van der Waals surface area contributed by atoms with E-state index in [0.29, 0.717) is 34.0 Å². The van der Waals surface area contributed by atoms with Gasteiger partial charge < -0.3 is 23.4 Å². The first-order valence-electron chi connectivity index (χ1n) is 7.95. The minimum absolute atomic E-state index is 0.184. The maximum Gasteiger partial charge on any atom is 0.231 e. The Morgan fingerprint density at radius 1 is 0.962 bits per heavy atom. The molecule has 6 nitrogen and oxygen atoms in total. The van der Waals surface area contributed by atoms with Gasteiger partial charge in [0.25, 0.3) is 0 Å². The van der Waals surface area contributed by atoms with Gasteiger partial charge in [-0.1, -0.05) is 12.1 Å². The van der Waals surface area contributed by atoms with Crippen LogP contribution in [0.1, 0.15) is 11.3 Å². The highest BCUT2D eigenvalue weighted by Crippen LogP contribution is 2.33. The first-order valence-corrected chi connectivity index (χ1v) is 7.95. The van der Waals surface area contributed by atoms with E-state index in [1.54, 1.807) is 25.3 Å². The van der Waals surface area contributed by atoms with E-state index < -0.39 is 0 Å². The Morgan fingerprint density at radius 3 is 2.62 bits per heavy atom. The monoisotopic (exact) mass is 352 g/mol. The van der Waals surface area contributed by atoms with Crippen LogP contribution in [0.15, 0.2) is 45.6 Å². The molecule has 132 valence electrons. The maximum absolute atomic E-state index is 12.5. The predicted molar refractivity (Wildman–Crippen MR) is 97.1 cm³/mol. The molecule has 0 bridgehead atoms. The molecular formula is C20H16O6. The largest absolute Gasteiger partial charge is 0.496 e. The lowest BCUT2D eigenvalue weighted by Gasteiger charge is -2.08. The van der Waals surface area contributed by atoms with Crippen molar-refractivity contribution in [3.63, 3.8) is 0 Å². The van der Waals surface area contributed by atoms with E-state index in [2.05, 4.69) is 0 Å².